The number of phenols is 1. The summed E-state index contributed by atoms with van der Waals surface area (Å²) in [5, 5.41) is 21.6. The van der Waals surface area contributed by atoms with Crippen molar-refractivity contribution in [2.45, 2.75) is 33.7 Å². The number of hydrogen-bond acceptors (Lipinski definition) is 8. The number of thiazole rings is 1. The Balaban J connectivity index is 1.95. The number of aliphatic hydroxyl groups excluding tert-OH is 1. The first-order valence-corrected chi connectivity index (χ1v) is 11.8. The van der Waals surface area contributed by atoms with Gasteiger partial charge in [0.15, 0.2) is 5.13 Å². The smallest absolute Gasteiger partial charge is 0.350 e. The minimum atomic E-state index is -1.07. The topological polar surface area (TPSA) is 117 Å². The van der Waals surface area contributed by atoms with E-state index in [4.69, 9.17) is 4.74 Å². The largest absolute Gasteiger partial charge is 0.508 e. The van der Waals surface area contributed by atoms with Crippen molar-refractivity contribution in [2.75, 3.05) is 11.5 Å². The van der Waals surface area contributed by atoms with Crippen molar-refractivity contribution in [1.29, 1.82) is 0 Å². The van der Waals surface area contributed by atoms with Crippen LogP contribution in [0, 0.1) is 20.8 Å². The number of esters is 1. The molecule has 2 N–H and O–H groups in total. The Morgan fingerprint density at radius 1 is 1.14 bits per heavy atom. The summed E-state index contributed by atoms with van der Waals surface area (Å²) in [6.45, 7) is 7.13. The van der Waals surface area contributed by atoms with Crippen molar-refractivity contribution in [3.05, 3.63) is 80.9 Å². The van der Waals surface area contributed by atoms with Gasteiger partial charge in [-0.15, -0.1) is 0 Å². The number of carbonyl (C=O) groups is 3. The molecule has 35 heavy (non-hydrogen) atoms. The monoisotopic (exact) mass is 492 g/mol. The minimum absolute atomic E-state index is 0.0673. The second-order valence-electron chi connectivity index (χ2n) is 8.21. The molecule has 1 aromatic heterocycles. The zero-order valence-electron chi connectivity index (χ0n) is 19.7. The van der Waals surface area contributed by atoms with E-state index in [0.717, 1.165) is 27.4 Å². The third-order valence-electron chi connectivity index (χ3n) is 5.73. The van der Waals surface area contributed by atoms with Gasteiger partial charge in [-0.1, -0.05) is 41.2 Å². The lowest BCUT2D eigenvalue weighted by atomic mass is 9.93. The van der Waals surface area contributed by atoms with E-state index < -0.39 is 23.7 Å². The fourth-order valence-electron chi connectivity index (χ4n) is 4.05. The number of carbonyl (C=O) groups excluding carboxylic acids is 3. The van der Waals surface area contributed by atoms with Crippen molar-refractivity contribution in [3.8, 4) is 5.75 Å². The highest BCUT2D eigenvalue weighted by Gasteiger charge is 2.48. The maximum absolute atomic E-state index is 13.3. The van der Waals surface area contributed by atoms with Crippen LogP contribution in [-0.4, -0.2) is 39.5 Å². The molecule has 1 unspecified atom stereocenters. The van der Waals surface area contributed by atoms with Gasteiger partial charge in [0.2, 0.25) is 0 Å². The molecule has 1 saturated heterocycles. The summed E-state index contributed by atoms with van der Waals surface area (Å²) in [7, 11) is 0. The molecule has 0 bridgehead atoms. The Morgan fingerprint density at radius 3 is 2.57 bits per heavy atom. The quantitative estimate of drug-likeness (QED) is 0.232. The van der Waals surface area contributed by atoms with E-state index in [1.54, 1.807) is 39.0 Å². The van der Waals surface area contributed by atoms with Gasteiger partial charge in [-0.3, -0.25) is 14.5 Å². The second-order valence-corrected chi connectivity index (χ2v) is 9.19. The number of rotatable bonds is 5. The highest BCUT2D eigenvalue weighted by molar-refractivity contribution is 7.17. The number of amides is 1. The predicted molar refractivity (Wildman–Crippen MR) is 132 cm³/mol. The maximum Gasteiger partial charge on any atom is 0.350 e. The molecule has 0 radical (unpaired) electrons. The molecule has 4 rings (SSSR count). The molecule has 1 aliphatic rings. The summed E-state index contributed by atoms with van der Waals surface area (Å²) in [4.78, 5) is 44.7. The minimum Gasteiger partial charge on any atom is -0.508 e. The van der Waals surface area contributed by atoms with Gasteiger partial charge in [-0.25, -0.2) is 9.78 Å². The summed E-state index contributed by atoms with van der Waals surface area (Å²) in [6, 6.07) is 10.5. The van der Waals surface area contributed by atoms with Crippen LogP contribution in [0.1, 0.15) is 50.6 Å². The zero-order chi connectivity index (χ0) is 25.4. The number of ether oxygens (including phenoxy) is 1. The Bertz CT molecular complexity index is 1390. The van der Waals surface area contributed by atoms with Crippen LogP contribution in [0.3, 0.4) is 0 Å². The van der Waals surface area contributed by atoms with Crippen LogP contribution in [0.2, 0.25) is 0 Å². The molecule has 1 atom stereocenters. The van der Waals surface area contributed by atoms with E-state index in [-0.39, 0.29) is 33.7 Å². The highest BCUT2D eigenvalue weighted by Crippen LogP contribution is 2.44. The van der Waals surface area contributed by atoms with E-state index >= 15 is 0 Å². The lowest BCUT2D eigenvalue weighted by Crippen LogP contribution is -2.29. The second kappa shape index (κ2) is 9.34. The van der Waals surface area contributed by atoms with Crippen molar-refractivity contribution in [2.24, 2.45) is 0 Å². The summed E-state index contributed by atoms with van der Waals surface area (Å²) in [5.41, 5.74) is 2.66. The first kappa shape index (κ1) is 24.2. The molecule has 0 saturated carbocycles. The van der Waals surface area contributed by atoms with Crippen LogP contribution in [0.4, 0.5) is 5.13 Å². The number of aryl methyl sites for hydroxylation is 3. The standard InChI is InChI=1S/C26H24N2O6S/c1-5-34-25(33)23-15(4)27-26(35-23)28-20(16-7-6-8-17(29)12-16)19(22(31)24(28)32)21(30)18-11-13(2)9-10-14(18)3/h6-12,20,29-30H,5H2,1-4H3/b21-19+. The highest BCUT2D eigenvalue weighted by atomic mass is 32.1. The van der Waals surface area contributed by atoms with Gasteiger partial charge in [0.1, 0.15) is 16.4 Å². The molecule has 1 aliphatic heterocycles. The van der Waals surface area contributed by atoms with E-state index in [9.17, 15) is 24.6 Å². The third-order valence-corrected chi connectivity index (χ3v) is 6.87. The van der Waals surface area contributed by atoms with Gasteiger partial charge >= 0.3 is 11.9 Å². The van der Waals surface area contributed by atoms with Crippen LogP contribution in [0.5, 0.6) is 5.75 Å². The van der Waals surface area contributed by atoms with Crippen molar-refractivity contribution in [3.63, 3.8) is 0 Å². The van der Waals surface area contributed by atoms with Crippen LogP contribution >= 0.6 is 11.3 Å². The molecule has 180 valence electrons. The average Bonchev–Trinajstić information content (AvgIpc) is 3.32. The molecule has 1 amide bonds. The molecular weight excluding hydrogens is 468 g/mol. The van der Waals surface area contributed by atoms with Crippen LogP contribution in [0.25, 0.3) is 5.76 Å². The predicted octanol–water partition coefficient (Wildman–Crippen LogP) is 4.58. The van der Waals surface area contributed by atoms with Crippen LogP contribution in [0.15, 0.2) is 48.0 Å². The molecule has 0 aliphatic carbocycles. The van der Waals surface area contributed by atoms with Gasteiger partial charge in [-0.05, 0) is 57.0 Å². The van der Waals surface area contributed by atoms with Gasteiger partial charge in [0.05, 0.1) is 23.9 Å². The number of aromatic nitrogens is 1. The van der Waals surface area contributed by atoms with E-state index in [2.05, 4.69) is 4.98 Å². The summed E-state index contributed by atoms with van der Waals surface area (Å²) in [6.07, 6.45) is 0. The number of Topliss-reactive ketones (excluding diaryl/α,β-unsaturated/α-hetero) is 1. The lowest BCUT2D eigenvalue weighted by Gasteiger charge is -2.23. The van der Waals surface area contributed by atoms with Gasteiger partial charge in [0, 0.05) is 5.56 Å². The number of aliphatic hydroxyl groups is 1. The molecular formula is C26H24N2O6S. The van der Waals surface area contributed by atoms with Crippen LogP contribution < -0.4 is 4.90 Å². The number of hydrogen-bond donors (Lipinski definition) is 2. The number of benzene rings is 2. The number of anilines is 1. The fourth-order valence-corrected chi connectivity index (χ4v) is 5.03. The van der Waals surface area contributed by atoms with Gasteiger partial charge in [0.25, 0.3) is 5.78 Å². The Labute approximate surface area is 206 Å². The summed E-state index contributed by atoms with van der Waals surface area (Å²) >= 11 is 0.929. The van der Waals surface area contributed by atoms with Crippen molar-refractivity contribution in [1.82, 2.24) is 4.98 Å². The van der Waals surface area contributed by atoms with Crippen molar-refractivity contribution < 1.29 is 29.3 Å². The Morgan fingerprint density at radius 2 is 1.89 bits per heavy atom. The molecule has 8 nitrogen and oxygen atoms in total. The SMILES string of the molecule is CCOC(=O)c1sc(N2C(=O)C(=O)/C(=C(/O)c3cc(C)ccc3C)C2c2cccc(O)c2)nc1C. The van der Waals surface area contributed by atoms with E-state index in [1.807, 2.05) is 19.1 Å². The molecule has 0 spiro atoms. The van der Waals surface area contributed by atoms with E-state index in [1.165, 1.54) is 12.1 Å². The first-order chi connectivity index (χ1) is 16.6. The molecule has 1 fully saturated rings. The number of nitrogens with zero attached hydrogens (tertiary/aromatic N) is 2. The average molecular weight is 493 g/mol. The summed E-state index contributed by atoms with van der Waals surface area (Å²) < 4.78 is 5.08. The molecule has 2 aromatic carbocycles. The molecule has 2 heterocycles. The van der Waals surface area contributed by atoms with E-state index in [0.29, 0.717) is 16.8 Å². The van der Waals surface area contributed by atoms with Crippen LogP contribution in [-0.2, 0) is 14.3 Å². The van der Waals surface area contributed by atoms with Gasteiger partial charge < -0.3 is 14.9 Å². The first-order valence-electron chi connectivity index (χ1n) is 11.0. The van der Waals surface area contributed by atoms with Gasteiger partial charge in [-0.2, -0.15) is 0 Å². The number of aromatic hydroxyl groups is 1. The van der Waals surface area contributed by atoms with Crippen molar-refractivity contribution >= 4 is 39.9 Å². The lowest BCUT2D eigenvalue weighted by molar-refractivity contribution is -0.132. The third kappa shape index (κ3) is 4.30. The molecule has 9 heteroatoms. The number of ketones is 1. The summed E-state index contributed by atoms with van der Waals surface area (Å²) in [5.74, 6) is -2.74. The molecule has 3 aromatic rings. The Kier molecular flexibility index (Phi) is 6.45. The fraction of sp³-hybridized carbons (Fsp3) is 0.231. The zero-order valence-corrected chi connectivity index (χ0v) is 20.5. The maximum atomic E-state index is 13.3. The normalized spacial score (nSPS) is 17.1. The number of phenolic OH excluding ortho intramolecular Hbond substituents is 1. The Hall–Kier alpha value is -3.98.